The van der Waals surface area contributed by atoms with Crippen molar-refractivity contribution < 1.29 is 29.5 Å². The van der Waals surface area contributed by atoms with Crippen LogP contribution in [0.2, 0.25) is 0 Å². The Balaban J connectivity index is -0.0000000190. The molecule has 58 valence electrons. The van der Waals surface area contributed by atoms with Gasteiger partial charge in [-0.25, -0.2) is 0 Å². The Morgan fingerprint density at radius 3 is 0.778 bits per heavy atom. The van der Waals surface area contributed by atoms with Gasteiger partial charge in [0, 0.05) is 0 Å². The quantitative estimate of drug-likeness (QED) is 0.362. The zero-order valence-electron chi connectivity index (χ0n) is 4.07. The Hall–Kier alpha value is 0.213. The molecule has 0 saturated carbocycles. The molecule has 0 aromatic carbocycles. The molecule has 0 heterocycles. The van der Waals surface area contributed by atoms with Crippen LogP contribution in [0.4, 0.5) is 0 Å². The summed E-state index contributed by atoms with van der Waals surface area (Å²) in [4.78, 5) is 23.2. The predicted octanol–water partition coefficient (Wildman–Crippen LogP) is 0.554. The van der Waals surface area contributed by atoms with Crippen LogP contribution >= 0.6 is 19.4 Å². The van der Waals surface area contributed by atoms with Gasteiger partial charge in [-0.05, 0) is 0 Å². The number of hydrogen-bond acceptors (Lipinski definition) is 3. The van der Waals surface area contributed by atoms with Crippen molar-refractivity contribution >= 4 is 39.7 Å². The first-order valence-corrected chi connectivity index (χ1v) is 5.45. The van der Waals surface area contributed by atoms with E-state index in [1.165, 1.54) is 0 Å². The molecule has 6 heteroatoms. The Morgan fingerprint density at radius 1 is 0.778 bits per heavy atom. The molecule has 0 atom stereocenters. The first kappa shape index (κ1) is 22.9. The molecule has 0 fully saturated rings. The Kier molecular flexibility index (Phi) is 738. The van der Waals surface area contributed by atoms with Crippen LogP contribution < -0.4 is 0 Å². The van der Waals surface area contributed by atoms with Crippen molar-refractivity contribution in [2.24, 2.45) is 0 Å². The molecular weight excluding hydrogens is 256 g/mol. The molecule has 0 N–H and O–H groups in total. The molecule has 0 aliphatic carbocycles. The molecule has 0 aromatic rings. The molecule has 0 saturated heterocycles. The second-order valence-electron chi connectivity index (χ2n) is 0.0505. The minimum atomic E-state index is -0.346. The third-order valence-corrected chi connectivity index (χ3v) is 0. The molecule has 0 amide bonds. The van der Waals surface area contributed by atoms with Crippen LogP contribution in [-0.2, 0) is 29.5 Å². The summed E-state index contributed by atoms with van der Waals surface area (Å²) in [6, 6.07) is 0. The van der Waals surface area contributed by atoms with Crippen LogP contribution in [0, 0.1) is 0 Å². The maximum absolute atomic E-state index is 7.75. The van der Waals surface area contributed by atoms with Crippen molar-refractivity contribution in [2.45, 2.75) is 0 Å². The summed E-state index contributed by atoms with van der Waals surface area (Å²) in [6.45, 7) is 9.75. The van der Waals surface area contributed by atoms with E-state index in [1.54, 1.807) is 0 Å². The topological polar surface area (TPSA) is 51.2 Å². The van der Waals surface area contributed by atoms with E-state index in [2.05, 4.69) is 20.4 Å². The molecule has 0 spiro atoms. The van der Waals surface area contributed by atoms with Crippen molar-refractivity contribution in [3.63, 3.8) is 0 Å². The van der Waals surface area contributed by atoms with Crippen LogP contribution in [0.1, 0.15) is 0 Å². The summed E-state index contributed by atoms with van der Waals surface area (Å²) in [5.74, 6) is 0. The SMILES string of the molecule is [CH-]=O.[CH-]=O.[CH-]=O.[Cl][Ru][Cl]. The summed E-state index contributed by atoms with van der Waals surface area (Å²) in [7, 11) is 9.71. The van der Waals surface area contributed by atoms with E-state index < -0.39 is 0 Å². The summed E-state index contributed by atoms with van der Waals surface area (Å²) < 4.78 is 0. The fraction of sp³-hybridized carbons (Fsp3) is 0. The zero-order chi connectivity index (χ0) is 8.71. The number of rotatable bonds is 0. The molecule has 0 aliphatic rings. The molecular formula is C3H3Cl2O3Ru-3. The first-order valence-electron chi connectivity index (χ1n) is 0.974. The summed E-state index contributed by atoms with van der Waals surface area (Å²) in [5, 5.41) is 0. The Bertz CT molecular complexity index is 28.3. The van der Waals surface area contributed by atoms with Gasteiger partial charge in [0.25, 0.3) is 0 Å². The second kappa shape index (κ2) is 290. The number of hydrogen-bond donors (Lipinski definition) is 0. The van der Waals surface area contributed by atoms with Gasteiger partial charge in [0.1, 0.15) is 0 Å². The molecule has 3 nitrogen and oxygen atoms in total. The van der Waals surface area contributed by atoms with Gasteiger partial charge in [-0.3, -0.25) is 20.4 Å². The van der Waals surface area contributed by atoms with Crippen LogP contribution in [0.15, 0.2) is 0 Å². The fourth-order valence-corrected chi connectivity index (χ4v) is 0. The molecule has 0 rings (SSSR count). The van der Waals surface area contributed by atoms with Gasteiger partial charge in [0.2, 0.25) is 0 Å². The van der Waals surface area contributed by atoms with Crippen LogP contribution in [0.3, 0.4) is 0 Å². The molecule has 0 unspecified atom stereocenters. The van der Waals surface area contributed by atoms with Gasteiger partial charge in [-0.2, -0.15) is 0 Å². The van der Waals surface area contributed by atoms with Crippen molar-refractivity contribution in [3.05, 3.63) is 0 Å². The van der Waals surface area contributed by atoms with Crippen molar-refractivity contribution in [1.82, 2.24) is 0 Å². The zero-order valence-corrected chi connectivity index (χ0v) is 7.32. The first-order chi connectivity index (χ1) is 4.41. The van der Waals surface area contributed by atoms with Crippen LogP contribution in [0.5, 0.6) is 0 Å². The second-order valence-corrected chi connectivity index (χ2v) is 2.69. The van der Waals surface area contributed by atoms with Gasteiger partial charge < -0.3 is 14.4 Å². The molecule has 0 aromatic heterocycles. The molecule has 0 bridgehead atoms. The molecule has 9 heavy (non-hydrogen) atoms. The van der Waals surface area contributed by atoms with Gasteiger partial charge >= 0.3 is 34.5 Å². The number of carbonyl (C=O) groups excluding carboxylic acids is 3. The average molecular weight is 259 g/mol. The van der Waals surface area contributed by atoms with Crippen molar-refractivity contribution in [1.29, 1.82) is 0 Å². The third kappa shape index (κ3) is 6960. The fourth-order valence-electron chi connectivity index (χ4n) is 0. The maximum atomic E-state index is 7.75. The van der Waals surface area contributed by atoms with Gasteiger partial charge in [-0.1, -0.05) is 0 Å². The van der Waals surface area contributed by atoms with E-state index in [0.717, 1.165) is 0 Å². The molecule has 0 radical (unpaired) electrons. The van der Waals surface area contributed by atoms with E-state index in [1.807, 2.05) is 0 Å². The number of halogens is 2. The van der Waals surface area contributed by atoms with E-state index in [-0.39, 0.29) is 15.1 Å². The normalized spacial score (nSPS) is 3.78. The van der Waals surface area contributed by atoms with Crippen LogP contribution in [0.25, 0.3) is 0 Å². The molecule has 0 aliphatic heterocycles. The average Bonchev–Trinajstić information content (AvgIpc) is 2.01. The minimum absolute atomic E-state index is 0.346. The van der Waals surface area contributed by atoms with E-state index in [4.69, 9.17) is 33.8 Å². The van der Waals surface area contributed by atoms with E-state index >= 15 is 0 Å². The third-order valence-electron chi connectivity index (χ3n) is 0. The standard InChI is InChI=1S/3CHO.2ClH.Ru/c3*1-2;;;/h3*1H;2*1H;/q3*-1;;;+2/p-2. The van der Waals surface area contributed by atoms with Gasteiger partial charge in [-0.15, -0.1) is 0 Å². The van der Waals surface area contributed by atoms with E-state index in [0.29, 0.717) is 0 Å². The van der Waals surface area contributed by atoms with E-state index in [9.17, 15) is 0 Å². The summed E-state index contributed by atoms with van der Waals surface area (Å²) in [5.41, 5.74) is 0. The summed E-state index contributed by atoms with van der Waals surface area (Å²) in [6.07, 6.45) is 0. The summed E-state index contributed by atoms with van der Waals surface area (Å²) >= 11 is -0.346. The Morgan fingerprint density at radius 2 is 0.778 bits per heavy atom. The van der Waals surface area contributed by atoms with Crippen molar-refractivity contribution in [3.8, 4) is 0 Å². The Labute approximate surface area is 69.4 Å². The van der Waals surface area contributed by atoms with Crippen LogP contribution in [-0.4, -0.2) is 20.4 Å². The van der Waals surface area contributed by atoms with Gasteiger partial charge in [0.05, 0.1) is 0 Å². The predicted molar refractivity (Wildman–Crippen MR) is 32.0 cm³/mol. The van der Waals surface area contributed by atoms with Gasteiger partial charge in [0.15, 0.2) is 0 Å². The van der Waals surface area contributed by atoms with Crippen molar-refractivity contribution in [2.75, 3.05) is 0 Å². The monoisotopic (exact) mass is 259 g/mol.